The van der Waals surface area contributed by atoms with Gasteiger partial charge in [0, 0.05) is 15.6 Å². The van der Waals surface area contributed by atoms with Gasteiger partial charge in [-0.05, 0) is 42.0 Å². The molecule has 0 amide bonds. The van der Waals surface area contributed by atoms with E-state index in [0.717, 1.165) is 15.6 Å². The summed E-state index contributed by atoms with van der Waals surface area (Å²) in [6, 6.07) is 23.2. The summed E-state index contributed by atoms with van der Waals surface area (Å²) in [7, 11) is 3.18. The Labute approximate surface area is 222 Å². The van der Waals surface area contributed by atoms with Crippen LogP contribution in [0, 0.1) is 11.3 Å². The number of aromatic nitrogens is 2. The van der Waals surface area contributed by atoms with Gasteiger partial charge >= 0.3 is 0 Å². The van der Waals surface area contributed by atoms with Crippen molar-refractivity contribution in [3.8, 4) is 40.5 Å². The molecule has 3 aromatic carbocycles. The predicted octanol–water partition coefficient (Wildman–Crippen LogP) is 5.65. The molecule has 4 aromatic rings. The number of allylic oxidation sites excluding steroid dienone is 1. The number of hydrogen-bond acceptors (Lipinski definition) is 7. The third-order valence-corrected chi connectivity index (χ3v) is 6.63. The van der Waals surface area contributed by atoms with Crippen LogP contribution in [-0.2, 0) is 6.61 Å². The Morgan fingerprint density at radius 2 is 1.84 bits per heavy atom. The van der Waals surface area contributed by atoms with E-state index in [9.17, 15) is 5.26 Å². The molecule has 0 fully saturated rings. The van der Waals surface area contributed by atoms with Crippen LogP contribution >= 0.6 is 15.9 Å². The highest BCUT2D eigenvalue weighted by Crippen LogP contribution is 2.50. The van der Waals surface area contributed by atoms with Crippen LogP contribution in [0.1, 0.15) is 22.6 Å². The second-order valence-corrected chi connectivity index (χ2v) is 9.18. The second-order valence-electron chi connectivity index (χ2n) is 8.26. The summed E-state index contributed by atoms with van der Waals surface area (Å²) in [5.41, 5.74) is 10.2. The number of fused-ring (bicyclic) bond motifs is 1. The monoisotopic (exact) mass is 558 g/mol. The van der Waals surface area contributed by atoms with Gasteiger partial charge in [-0.15, -0.1) is 5.10 Å². The van der Waals surface area contributed by atoms with Crippen molar-refractivity contribution in [1.82, 2.24) is 10.2 Å². The standard InChI is InChI=1S/C28H23BrN4O4/c1-34-18-9-11-22(35-2)20(13-18)26-25-24(21(14-30)27(31)37-28(25)33-32-26)19-12-17(29)8-10-23(19)36-15-16-6-4-3-5-7-16/h3-13,24H,15,31H2,1-2H3,(H,32,33)/t24-/m0/s1. The van der Waals surface area contributed by atoms with Crippen LogP contribution in [0.4, 0.5) is 0 Å². The van der Waals surface area contributed by atoms with Crippen LogP contribution in [0.3, 0.4) is 0 Å². The molecule has 2 heterocycles. The Morgan fingerprint density at radius 1 is 1.05 bits per heavy atom. The van der Waals surface area contributed by atoms with Crippen molar-refractivity contribution in [2.24, 2.45) is 5.73 Å². The van der Waals surface area contributed by atoms with Gasteiger partial charge < -0.3 is 24.7 Å². The molecule has 0 aliphatic carbocycles. The van der Waals surface area contributed by atoms with Crippen LogP contribution < -0.4 is 24.7 Å². The van der Waals surface area contributed by atoms with E-state index in [1.165, 1.54) is 0 Å². The number of halogens is 1. The van der Waals surface area contributed by atoms with Gasteiger partial charge in [-0.25, -0.2) is 0 Å². The fourth-order valence-corrected chi connectivity index (χ4v) is 4.76. The molecule has 8 nitrogen and oxygen atoms in total. The van der Waals surface area contributed by atoms with Crippen LogP contribution in [-0.4, -0.2) is 24.4 Å². The minimum absolute atomic E-state index is 0.00959. The number of hydrogen-bond donors (Lipinski definition) is 2. The first kappa shape index (κ1) is 24.3. The normalized spacial score (nSPS) is 14.4. The first-order valence-corrected chi connectivity index (χ1v) is 12.2. The molecule has 0 saturated heterocycles. The molecular formula is C28H23BrN4O4. The van der Waals surface area contributed by atoms with Crippen molar-refractivity contribution in [2.45, 2.75) is 12.5 Å². The molecule has 0 spiro atoms. The number of nitrogens with two attached hydrogens (primary N) is 1. The number of aromatic amines is 1. The van der Waals surface area contributed by atoms with E-state index in [2.05, 4.69) is 32.2 Å². The van der Waals surface area contributed by atoms with E-state index >= 15 is 0 Å². The first-order chi connectivity index (χ1) is 18.0. The lowest BCUT2D eigenvalue weighted by atomic mass is 9.82. The van der Waals surface area contributed by atoms with Gasteiger partial charge in [0.1, 0.15) is 35.5 Å². The Balaban J connectivity index is 1.69. The predicted molar refractivity (Wildman–Crippen MR) is 141 cm³/mol. The van der Waals surface area contributed by atoms with E-state index in [-0.39, 0.29) is 17.3 Å². The summed E-state index contributed by atoms with van der Waals surface area (Å²) in [4.78, 5) is 0. The van der Waals surface area contributed by atoms with Crippen LogP contribution in [0.25, 0.3) is 11.3 Å². The average molecular weight is 559 g/mol. The van der Waals surface area contributed by atoms with Gasteiger partial charge in [-0.2, -0.15) is 5.26 Å². The maximum atomic E-state index is 10.2. The summed E-state index contributed by atoms with van der Waals surface area (Å²) in [6.07, 6.45) is 0. The van der Waals surface area contributed by atoms with Crippen molar-refractivity contribution >= 4 is 15.9 Å². The number of nitrogens with one attached hydrogen (secondary N) is 1. The lowest BCUT2D eigenvalue weighted by molar-refractivity contribution is 0.301. The molecule has 186 valence electrons. The molecule has 5 rings (SSSR count). The highest BCUT2D eigenvalue weighted by atomic mass is 79.9. The number of benzene rings is 3. The largest absolute Gasteiger partial charge is 0.497 e. The first-order valence-electron chi connectivity index (χ1n) is 11.4. The summed E-state index contributed by atoms with van der Waals surface area (Å²) in [5, 5.41) is 17.6. The molecule has 1 aliphatic heterocycles. The lowest BCUT2D eigenvalue weighted by Crippen LogP contribution is -2.21. The van der Waals surface area contributed by atoms with E-state index < -0.39 is 5.92 Å². The third kappa shape index (κ3) is 4.59. The zero-order chi connectivity index (χ0) is 25.9. The maximum Gasteiger partial charge on any atom is 0.244 e. The van der Waals surface area contributed by atoms with E-state index in [1.54, 1.807) is 14.2 Å². The highest BCUT2D eigenvalue weighted by Gasteiger charge is 2.38. The average Bonchev–Trinajstić information content (AvgIpc) is 3.34. The number of ether oxygens (including phenoxy) is 4. The second kappa shape index (κ2) is 10.3. The third-order valence-electron chi connectivity index (χ3n) is 6.13. The van der Waals surface area contributed by atoms with E-state index in [0.29, 0.717) is 40.7 Å². The van der Waals surface area contributed by atoms with Gasteiger partial charge in [0.05, 0.1) is 31.4 Å². The van der Waals surface area contributed by atoms with Gasteiger partial charge in [0.15, 0.2) is 0 Å². The van der Waals surface area contributed by atoms with Crippen molar-refractivity contribution in [1.29, 1.82) is 5.26 Å². The number of nitriles is 1. The zero-order valence-corrected chi connectivity index (χ0v) is 21.7. The topological polar surface area (TPSA) is 115 Å². The lowest BCUT2D eigenvalue weighted by Gasteiger charge is -2.26. The smallest absolute Gasteiger partial charge is 0.244 e. The SMILES string of the molecule is COc1ccc(OC)c(-c2[nH]nc3c2[C@@H](c2cc(Br)ccc2OCc2ccccc2)C(C#N)=C(N)O3)c1. The van der Waals surface area contributed by atoms with Crippen molar-refractivity contribution in [3.05, 3.63) is 99.3 Å². The molecule has 0 unspecified atom stereocenters. The van der Waals surface area contributed by atoms with Gasteiger partial charge in [0.25, 0.3) is 0 Å². The zero-order valence-electron chi connectivity index (χ0n) is 20.1. The number of nitrogens with zero attached hydrogens (tertiary/aromatic N) is 2. The molecular weight excluding hydrogens is 536 g/mol. The maximum absolute atomic E-state index is 10.2. The van der Waals surface area contributed by atoms with Crippen LogP contribution in [0.5, 0.6) is 23.1 Å². The Morgan fingerprint density at radius 3 is 2.57 bits per heavy atom. The Hall–Kier alpha value is -4.42. The fraction of sp³-hybridized carbons (Fsp3) is 0.143. The molecule has 1 aromatic heterocycles. The number of H-pyrrole nitrogens is 1. The number of methoxy groups -OCH3 is 2. The van der Waals surface area contributed by atoms with Crippen molar-refractivity contribution < 1.29 is 18.9 Å². The van der Waals surface area contributed by atoms with Crippen LogP contribution in [0.2, 0.25) is 0 Å². The van der Waals surface area contributed by atoms with E-state index in [1.807, 2.05) is 66.7 Å². The molecule has 9 heteroatoms. The summed E-state index contributed by atoms with van der Waals surface area (Å²) in [5.74, 6) is 1.48. The van der Waals surface area contributed by atoms with Gasteiger partial charge in [0.2, 0.25) is 11.8 Å². The minimum Gasteiger partial charge on any atom is -0.497 e. The molecule has 0 bridgehead atoms. The number of rotatable bonds is 7. The van der Waals surface area contributed by atoms with Gasteiger partial charge in [-0.1, -0.05) is 46.3 Å². The van der Waals surface area contributed by atoms with Gasteiger partial charge in [-0.3, -0.25) is 5.10 Å². The molecule has 1 aliphatic rings. The van der Waals surface area contributed by atoms with Crippen LogP contribution in [0.15, 0.2) is 82.7 Å². The molecule has 3 N–H and O–H groups in total. The molecule has 37 heavy (non-hydrogen) atoms. The molecule has 1 atom stereocenters. The van der Waals surface area contributed by atoms with E-state index in [4.69, 9.17) is 24.7 Å². The molecule has 0 radical (unpaired) electrons. The summed E-state index contributed by atoms with van der Waals surface area (Å²) >= 11 is 3.57. The Kier molecular flexibility index (Phi) is 6.75. The quantitative estimate of drug-likeness (QED) is 0.301. The fourth-order valence-electron chi connectivity index (χ4n) is 4.38. The summed E-state index contributed by atoms with van der Waals surface area (Å²) in [6.45, 7) is 0.356. The minimum atomic E-state index is -0.623. The van der Waals surface area contributed by atoms with Crippen molar-refractivity contribution in [2.75, 3.05) is 14.2 Å². The molecule has 0 saturated carbocycles. The summed E-state index contributed by atoms with van der Waals surface area (Å²) < 4.78 is 24.0. The Bertz CT molecular complexity index is 1530. The highest BCUT2D eigenvalue weighted by molar-refractivity contribution is 9.10. The van der Waals surface area contributed by atoms with Crippen molar-refractivity contribution in [3.63, 3.8) is 0 Å².